The maximum absolute atomic E-state index is 12.6. The highest BCUT2D eigenvalue weighted by Crippen LogP contribution is 2.31. The standard InChI is InChI=1S/C24H21BrN2O4/c1-3-14(2)30-18-8-4-15(5-9-18)23(29)26-17-7-11-22-20(13-17)27-24(31-22)16-6-10-21(28)19(25)12-16/h4-14,28H,3H2,1-2H3,(H,26,29). The van der Waals surface area contributed by atoms with E-state index in [9.17, 15) is 9.90 Å². The van der Waals surface area contributed by atoms with Crippen LogP contribution >= 0.6 is 15.9 Å². The van der Waals surface area contributed by atoms with E-state index in [1.54, 1.807) is 60.7 Å². The van der Waals surface area contributed by atoms with Crippen molar-refractivity contribution < 1.29 is 19.1 Å². The van der Waals surface area contributed by atoms with Gasteiger partial charge in [-0.25, -0.2) is 4.98 Å². The highest BCUT2D eigenvalue weighted by Gasteiger charge is 2.12. The number of fused-ring (bicyclic) bond motifs is 1. The second-order valence-corrected chi connectivity index (χ2v) is 8.04. The third-order valence-electron chi connectivity index (χ3n) is 4.87. The van der Waals surface area contributed by atoms with Gasteiger partial charge in [-0.3, -0.25) is 4.79 Å². The second-order valence-electron chi connectivity index (χ2n) is 7.18. The van der Waals surface area contributed by atoms with Gasteiger partial charge in [-0.05, 0) is 89.9 Å². The number of hydrogen-bond donors (Lipinski definition) is 2. The van der Waals surface area contributed by atoms with Gasteiger partial charge in [0.1, 0.15) is 17.0 Å². The molecule has 1 heterocycles. The van der Waals surface area contributed by atoms with Crippen LogP contribution in [0.1, 0.15) is 30.6 Å². The van der Waals surface area contributed by atoms with Gasteiger partial charge in [0, 0.05) is 16.8 Å². The number of phenolic OH excluding ortho intramolecular Hbond substituents is 1. The maximum atomic E-state index is 12.6. The van der Waals surface area contributed by atoms with Crippen LogP contribution in [0.15, 0.2) is 69.6 Å². The third kappa shape index (κ3) is 4.72. The number of nitrogens with one attached hydrogen (secondary N) is 1. The average molecular weight is 481 g/mol. The zero-order valence-corrected chi connectivity index (χ0v) is 18.6. The van der Waals surface area contributed by atoms with Crippen molar-refractivity contribution >= 4 is 38.6 Å². The van der Waals surface area contributed by atoms with Gasteiger partial charge in [0.05, 0.1) is 10.6 Å². The number of ether oxygens (including phenoxy) is 1. The number of carbonyl (C=O) groups is 1. The summed E-state index contributed by atoms with van der Waals surface area (Å²) in [6, 6.07) is 17.4. The van der Waals surface area contributed by atoms with Crippen LogP contribution in [0.25, 0.3) is 22.6 Å². The van der Waals surface area contributed by atoms with Crippen LogP contribution in [0.4, 0.5) is 5.69 Å². The first-order valence-corrected chi connectivity index (χ1v) is 10.7. The molecular formula is C24H21BrN2O4. The number of hydrogen-bond acceptors (Lipinski definition) is 5. The quantitative estimate of drug-likeness (QED) is 0.333. The van der Waals surface area contributed by atoms with Crippen LogP contribution in [-0.2, 0) is 0 Å². The summed E-state index contributed by atoms with van der Waals surface area (Å²) in [4.78, 5) is 17.1. The summed E-state index contributed by atoms with van der Waals surface area (Å²) in [7, 11) is 0. The molecule has 2 N–H and O–H groups in total. The van der Waals surface area contributed by atoms with E-state index in [4.69, 9.17) is 9.15 Å². The molecule has 0 saturated carbocycles. The van der Waals surface area contributed by atoms with Crippen LogP contribution in [0, 0.1) is 0 Å². The number of nitrogens with zero attached hydrogens (tertiary/aromatic N) is 1. The number of phenols is 1. The Bertz CT molecular complexity index is 1230. The lowest BCUT2D eigenvalue weighted by Crippen LogP contribution is -2.12. The minimum atomic E-state index is -0.222. The molecule has 0 aliphatic rings. The maximum Gasteiger partial charge on any atom is 0.255 e. The molecular weight excluding hydrogens is 460 g/mol. The highest BCUT2D eigenvalue weighted by molar-refractivity contribution is 9.10. The highest BCUT2D eigenvalue weighted by atomic mass is 79.9. The molecule has 7 heteroatoms. The molecule has 1 aromatic heterocycles. The van der Waals surface area contributed by atoms with E-state index in [2.05, 4.69) is 33.2 Å². The zero-order chi connectivity index (χ0) is 22.0. The first-order valence-electron chi connectivity index (χ1n) is 9.90. The minimum absolute atomic E-state index is 0.126. The molecule has 0 saturated heterocycles. The Kier molecular flexibility index (Phi) is 5.95. The van der Waals surface area contributed by atoms with Gasteiger partial charge in [-0.1, -0.05) is 6.92 Å². The molecule has 31 heavy (non-hydrogen) atoms. The van der Waals surface area contributed by atoms with Gasteiger partial charge in [-0.2, -0.15) is 0 Å². The fourth-order valence-corrected chi connectivity index (χ4v) is 3.35. The van der Waals surface area contributed by atoms with Gasteiger partial charge < -0.3 is 19.6 Å². The number of carbonyl (C=O) groups excluding carboxylic acids is 1. The molecule has 0 bridgehead atoms. The van der Waals surface area contributed by atoms with E-state index in [1.807, 2.05) is 6.92 Å². The SMILES string of the molecule is CCC(C)Oc1ccc(C(=O)Nc2ccc3oc(-c4ccc(O)c(Br)c4)nc3c2)cc1. The first-order chi connectivity index (χ1) is 14.9. The molecule has 6 nitrogen and oxygen atoms in total. The van der Waals surface area contributed by atoms with Crippen LogP contribution in [0.2, 0.25) is 0 Å². The molecule has 0 aliphatic heterocycles. The molecule has 4 rings (SSSR count). The smallest absolute Gasteiger partial charge is 0.255 e. The van der Waals surface area contributed by atoms with E-state index >= 15 is 0 Å². The third-order valence-corrected chi connectivity index (χ3v) is 5.50. The molecule has 0 radical (unpaired) electrons. The molecule has 1 amide bonds. The monoisotopic (exact) mass is 480 g/mol. The summed E-state index contributed by atoms with van der Waals surface area (Å²) < 4.78 is 12.1. The lowest BCUT2D eigenvalue weighted by atomic mass is 10.2. The number of aromatic nitrogens is 1. The number of rotatable bonds is 6. The summed E-state index contributed by atoms with van der Waals surface area (Å²) in [5.74, 6) is 1.09. The summed E-state index contributed by atoms with van der Waals surface area (Å²) in [5.41, 5.74) is 3.10. The Morgan fingerprint density at radius 3 is 2.65 bits per heavy atom. The van der Waals surface area contributed by atoms with Gasteiger partial charge in [0.2, 0.25) is 5.89 Å². The predicted octanol–water partition coefficient (Wildman–Crippen LogP) is 6.39. The van der Waals surface area contributed by atoms with Crippen molar-refractivity contribution in [3.05, 3.63) is 70.7 Å². The minimum Gasteiger partial charge on any atom is -0.507 e. The largest absolute Gasteiger partial charge is 0.507 e. The fraction of sp³-hybridized carbons (Fsp3) is 0.167. The molecule has 1 atom stereocenters. The number of halogens is 1. The van der Waals surface area contributed by atoms with Crippen molar-refractivity contribution in [1.29, 1.82) is 0 Å². The van der Waals surface area contributed by atoms with Crippen molar-refractivity contribution in [2.45, 2.75) is 26.4 Å². The molecule has 4 aromatic rings. The van der Waals surface area contributed by atoms with Crippen molar-refractivity contribution in [1.82, 2.24) is 4.98 Å². The van der Waals surface area contributed by atoms with Crippen LogP contribution in [-0.4, -0.2) is 22.1 Å². The molecule has 0 spiro atoms. The van der Waals surface area contributed by atoms with Crippen LogP contribution < -0.4 is 10.1 Å². The Hall–Kier alpha value is -3.32. The number of amides is 1. The Morgan fingerprint density at radius 1 is 1.16 bits per heavy atom. The molecule has 158 valence electrons. The lowest BCUT2D eigenvalue weighted by molar-refractivity contribution is 0.102. The van der Waals surface area contributed by atoms with Gasteiger partial charge in [0.25, 0.3) is 5.91 Å². The molecule has 3 aromatic carbocycles. The number of aromatic hydroxyl groups is 1. The summed E-state index contributed by atoms with van der Waals surface area (Å²) >= 11 is 3.29. The Balaban J connectivity index is 1.50. The van der Waals surface area contributed by atoms with E-state index < -0.39 is 0 Å². The van der Waals surface area contributed by atoms with Crippen LogP contribution in [0.3, 0.4) is 0 Å². The topological polar surface area (TPSA) is 84.6 Å². The van der Waals surface area contributed by atoms with Crippen molar-refractivity contribution in [2.24, 2.45) is 0 Å². The molecule has 0 aliphatic carbocycles. The Labute approximate surface area is 188 Å². The lowest BCUT2D eigenvalue weighted by Gasteiger charge is -2.12. The van der Waals surface area contributed by atoms with E-state index in [0.29, 0.717) is 32.7 Å². The van der Waals surface area contributed by atoms with E-state index in [1.165, 1.54) is 0 Å². The average Bonchev–Trinajstić information content (AvgIpc) is 3.19. The predicted molar refractivity (Wildman–Crippen MR) is 124 cm³/mol. The Morgan fingerprint density at radius 2 is 1.94 bits per heavy atom. The number of benzene rings is 3. The van der Waals surface area contributed by atoms with Gasteiger partial charge in [0.15, 0.2) is 5.58 Å². The van der Waals surface area contributed by atoms with E-state index in [0.717, 1.165) is 17.7 Å². The number of oxazole rings is 1. The first kappa shape index (κ1) is 20.9. The summed E-state index contributed by atoms with van der Waals surface area (Å²) in [6.07, 6.45) is 1.04. The zero-order valence-electron chi connectivity index (χ0n) is 17.1. The van der Waals surface area contributed by atoms with E-state index in [-0.39, 0.29) is 17.8 Å². The summed E-state index contributed by atoms with van der Waals surface area (Å²) in [6.45, 7) is 4.07. The summed E-state index contributed by atoms with van der Waals surface area (Å²) in [5, 5.41) is 12.5. The molecule has 1 unspecified atom stereocenters. The normalized spacial score (nSPS) is 12.0. The van der Waals surface area contributed by atoms with Gasteiger partial charge in [-0.15, -0.1) is 0 Å². The van der Waals surface area contributed by atoms with Crippen molar-refractivity contribution in [3.63, 3.8) is 0 Å². The second kappa shape index (κ2) is 8.81. The number of anilines is 1. The molecule has 0 fully saturated rings. The fourth-order valence-electron chi connectivity index (χ4n) is 2.97. The van der Waals surface area contributed by atoms with Crippen molar-refractivity contribution in [2.75, 3.05) is 5.32 Å². The van der Waals surface area contributed by atoms with Crippen LogP contribution in [0.5, 0.6) is 11.5 Å². The van der Waals surface area contributed by atoms with Gasteiger partial charge >= 0.3 is 0 Å². The van der Waals surface area contributed by atoms with Crippen molar-refractivity contribution in [3.8, 4) is 23.0 Å².